The number of benzene rings is 3. The van der Waals surface area contributed by atoms with E-state index in [-0.39, 0.29) is 12.5 Å². The summed E-state index contributed by atoms with van der Waals surface area (Å²) in [5, 5.41) is 4.00. The Morgan fingerprint density at radius 2 is 1.78 bits per heavy atom. The number of aryl methyl sites for hydroxylation is 1. The molecule has 0 aliphatic heterocycles. The number of amides is 1. The molecule has 0 saturated heterocycles. The van der Waals surface area contributed by atoms with Crippen molar-refractivity contribution in [2.75, 3.05) is 6.61 Å². The largest absolute Gasteiger partial charge is 0.483 e. The summed E-state index contributed by atoms with van der Waals surface area (Å²) in [5.41, 5.74) is 5.87. The van der Waals surface area contributed by atoms with Crippen LogP contribution in [-0.2, 0) is 9.59 Å². The summed E-state index contributed by atoms with van der Waals surface area (Å²) in [7, 11) is 0. The topological polar surface area (TPSA) is 77.0 Å². The fourth-order valence-corrected chi connectivity index (χ4v) is 3.92. The molecule has 0 unspecified atom stereocenters. The molecule has 186 valence electrons. The first-order valence-electron chi connectivity index (χ1n) is 11.2. The highest BCUT2D eigenvalue weighted by molar-refractivity contribution is 9.10. The van der Waals surface area contributed by atoms with Gasteiger partial charge in [-0.25, -0.2) is 10.2 Å². The third-order valence-electron chi connectivity index (χ3n) is 5.06. The molecule has 3 rings (SSSR count). The van der Waals surface area contributed by atoms with Crippen LogP contribution >= 0.6 is 31.9 Å². The zero-order valence-electron chi connectivity index (χ0n) is 20.1. The second-order valence-electron chi connectivity index (χ2n) is 8.22. The van der Waals surface area contributed by atoms with Gasteiger partial charge in [0.15, 0.2) is 6.61 Å². The minimum absolute atomic E-state index is 0.192. The van der Waals surface area contributed by atoms with E-state index in [4.69, 9.17) is 9.47 Å². The number of hydrogen-bond acceptors (Lipinski definition) is 5. The highest BCUT2D eigenvalue weighted by atomic mass is 79.9. The maximum atomic E-state index is 12.3. The van der Waals surface area contributed by atoms with Crippen LogP contribution in [0, 0.1) is 6.92 Å². The fourth-order valence-electron chi connectivity index (χ4n) is 3.18. The molecule has 36 heavy (non-hydrogen) atoms. The van der Waals surface area contributed by atoms with E-state index >= 15 is 0 Å². The van der Waals surface area contributed by atoms with Crippen molar-refractivity contribution in [1.29, 1.82) is 0 Å². The van der Waals surface area contributed by atoms with Crippen molar-refractivity contribution in [3.63, 3.8) is 0 Å². The van der Waals surface area contributed by atoms with Crippen LogP contribution in [0.1, 0.15) is 42.0 Å². The monoisotopic (exact) mass is 612 g/mol. The van der Waals surface area contributed by atoms with Crippen LogP contribution in [0.4, 0.5) is 0 Å². The standard InChI is InChI=1S/C28H26Br2N2O4/c1-18(2)23-15-24(30)19(3)13-26(23)35-17-27(33)32-31-16-21-14-22(29)10-11-25(21)36-28(34)12-9-20-7-5-4-6-8-20/h4-16,18H,17H2,1-3H3,(H,32,33)/b12-9+,31-16+. The Kier molecular flexibility index (Phi) is 10.0. The van der Waals surface area contributed by atoms with Crippen LogP contribution in [0.3, 0.4) is 0 Å². The van der Waals surface area contributed by atoms with Gasteiger partial charge in [0.05, 0.1) is 6.21 Å². The molecule has 3 aromatic carbocycles. The highest BCUT2D eigenvalue weighted by Gasteiger charge is 2.13. The van der Waals surface area contributed by atoms with Gasteiger partial charge in [-0.05, 0) is 65.9 Å². The molecule has 0 bridgehead atoms. The van der Waals surface area contributed by atoms with Crippen LogP contribution in [-0.4, -0.2) is 24.7 Å². The van der Waals surface area contributed by atoms with Gasteiger partial charge in [-0.3, -0.25) is 4.79 Å². The van der Waals surface area contributed by atoms with Crippen molar-refractivity contribution in [3.05, 3.63) is 97.9 Å². The molecule has 0 aliphatic rings. The minimum atomic E-state index is -0.529. The molecule has 3 aromatic rings. The molecule has 6 nitrogen and oxygen atoms in total. The van der Waals surface area contributed by atoms with E-state index in [2.05, 4.69) is 56.2 Å². The Bertz CT molecular complexity index is 1290. The van der Waals surface area contributed by atoms with Crippen LogP contribution in [0.25, 0.3) is 6.08 Å². The molecular weight excluding hydrogens is 588 g/mol. The summed E-state index contributed by atoms with van der Waals surface area (Å²) in [6.07, 6.45) is 4.44. The summed E-state index contributed by atoms with van der Waals surface area (Å²) in [6.45, 7) is 5.90. The molecule has 0 radical (unpaired) electrons. The predicted molar refractivity (Wildman–Crippen MR) is 149 cm³/mol. The number of nitrogens with zero attached hydrogens (tertiary/aromatic N) is 1. The normalized spacial score (nSPS) is 11.3. The fraction of sp³-hybridized carbons (Fsp3) is 0.179. The van der Waals surface area contributed by atoms with Gasteiger partial charge in [-0.2, -0.15) is 5.10 Å². The van der Waals surface area contributed by atoms with E-state index in [1.54, 1.807) is 24.3 Å². The molecule has 0 aliphatic carbocycles. The number of rotatable bonds is 9. The smallest absolute Gasteiger partial charge is 0.336 e. The molecule has 8 heteroatoms. The number of hydrogen-bond donors (Lipinski definition) is 1. The van der Waals surface area contributed by atoms with E-state index in [9.17, 15) is 9.59 Å². The molecule has 0 fully saturated rings. The first kappa shape index (κ1) is 27.4. The molecule has 1 N–H and O–H groups in total. The molecular formula is C28H26Br2N2O4. The second kappa shape index (κ2) is 13.2. The molecule has 0 heterocycles. The lowest BCUT2D eigenvalue weighted by Gasteiger charge is -2.15. The van der Waals surface area contributed by atoms with E-state index in [1.165, 1.54) is 12.3 Å². The Balaban J connectivity index is 1.61. The minimum Gasteiger partial charge on any atom is -0.483 e. The van der Waals surface area contributed by atoms with Crippen molar-refractivity contribution in [1.82, 2.24) is 5.43 Å². The van der Waals surface area contributed by atoms with E-state index in [0.717, 1.165) is 25.6 Å². The van der Waals surface area contributed by atoms with Gasteiger partial charge < -0.3 is 9.47 Å². The zero-order valence-corrected chi connectivity index (χ0v) is 23.3. The van der Waals surface area contributed by atoms with Gasteiger partial charge >= 0.3 is 5.97 Å². The van der Waals surface area contributed by atoms with Crippen molar-refractivity contribution >= 4 is 56.0 Å². The lowest BCUT2D eigenvalue weighted by Crippen LogP contribution is -2.25. The average Bonchev–Trinajstić information content (AvgIpc) is 2.85. The Morgan fingerprint density at radius 3 is 2.50 bits per heavy atom. The zero-order chi connectivity index (χ0) is 26.1. The molecule has 1 amide bonds. The van der Waals surface area contributed by atoms with Gasteiger partial charge in [0, 0.05) is 20.6 Å². The van der Waals surface area contributed by atoms with E-state index in [1.807, 2.05) is 49.4 Å². The van der Waals surface area contributed by atoms with Gasteiger partial charge in [-0.15, -0.1) is 0 Å². The number of ether oxygens (including phenoxy) is 2. The third-order valence-corrected chi connectivity index (χ3v) is 6.41. The Hall–Kier alpha value is -3.23. The van der Waals surface area contributed by atoms with Crippen LogP contribution < -0.4 is 14.9 Å². The van der Waals surface area contributed by atoms with Gasteiger partial charge in [0.25, 0.3) is 5.91 Å². The molecule has 0 spiro atoms. The van der Waals surface area contributed by atoms with Gasteiger partial charge in [0.2, 0.25) is 0 Å². The Labute approximate surface area is 227 Å². The SMILES string of the molecule is Cc1cc(OCC(=O)N/N=C/c2cc(Br)ccc2OC(=O)/C=C/c2ccccc2)c(C(C)C)cc1Br. The first-order valence-corrected chi connectivity index (χ1v) is 12.8. The van der Waals surface area contributed by atoms with Crippen LogP contribution in [0.5, 0.6) is 11.5 Å². The summed E-state index contributed by atoms with van der Waals surface area (Å²) in [4.78, 5) is 24.6. The quantitative estimate of drug-likeness (QED) is 0.0947. The van der Waals surface area contributed by atoms with Gasteiger partial charge in [0.1, 0.15) is 11.5 Å². The van der Waals surface area contributed by atoms with E-state index < -0.39 is 11.9 Å². The first-order chi connectivity index (χ1) is 17.2. The highest BCUT2D eigenvalue weighted by Crippen LogP contribution is 2.32. The number of nitrogens with one attached hydrogen (secondary N) is 1. The maximum Gasteiger partial charge on any atom is 0.336 e. The summed E-state index contributed by atoms with van der Waals surface area (Å²) >= 11 is 6.94. The Morgan fingerprint density at radius 1 is 1.03 bits per heavy atom. The molecule has 0 saturated carbocycles. The summed E-state index contributed by atoms with van der Waals surface area (Å²) in [6, 6.07) is 18.5. The average molecular weight is 614 g/mol. The third kappa shape index (κ3) is 8.17. The van der Waals surface area contributed by atoms with Crippen molar-refractivity contribution in [3.8, 4) is 11.5 Å². The number of esters is 1. The second-order valence-corrected chi connectivity index (χ2v) is 9.99. The van der Waals surface area contributed by atoms with Crippen molar-refractivity contribution < 1.29 is 19.1 Å². The maximum absolute atomic E-state index is 12.3. The van der Waals surface area contributed by atoms with Crippen LogP contribution in [0.15, 0.2) is 80.8 Å². The number of hydrazone groups is 1. The summed E-state index contributed by atoms with van der Waals surface area (Å²) in [5.74, 6) is 0.259. The predicted octanol–water partition coefficient (Wildman–Crippen LogP) is 6.79. The van der Waals surface area contributed by atoms with E-state index in [0.29, 0.717) is 17.1 Å². The lowest BCUT2D eigenvalue weighted by molar-refractivity contribution is -0.129. The molecule has 0 atom stereocenters. The molecule has 0 aromatic heterocycles. The van der Waals surface area contributed by atoms with Crippen molar-refractivity contribution in [2.45, 2.75) is 26.7 Å². The van der Waals surface area contributed by atoms with Crippen LogP contribution in [0.2, 0.25) is 0 Å². The summed E-state index contributed by atoms with van der Waals surface area (Å²) < 4.78 is 13.0. The lowest BCUT2D eigenvalue weighted by atomic mass is 10.0. The van der Waals surface area contributed by atoms with Crippen molar-refractivity contribution in [2.24, 2.45) is 5.10 Å². The number of halogens is 2. The number of carbonyl (C=O) groups excluding carboxylic acids is 2. The van der Waals surface area contributed by atoms with Gasteiger partial charge in [-0.1, -0.05) is 76.0 Å². The number of carbonyl (C=O) groups is 2.